The Balaban J connectivity index is 2.32. The fourth-order valence-electron chi connectivity index (χ4n) is 1.76. The molecular weight excluding hydrogens is 167 g/mol. The van der Waals surface area contributed by atoms with Crippen LogP contribution < -0.4 is 0 Å². The van der Waals surface area contributed by atoms with Crippen LogP contribution >= 0.6 is 0 Å². The lowest BCUT2D eigenvalue weighted by atomic mass is 9.92. The zero-order chi connectivity index (χ0) is 9.84. The van der Waals surface area contributed by atoms with Crippen molar-refractivity contribution in [1.29, 1.82) is 0 Å². The molecule has 1 rings (SSSR count). The highest BCUT2D eigenvalue weighted by Gasteiger charge is 2.45. The van der Waals surface area contributed by atoms with Crippen LogP contribution in [0.25, 0.3) is 0 Å². The van der Waals surface area contributed by atoms with Crippen molar-refractivity contribution in [3.8, 4) is 0 Å². The lowest BCUT2D eigenvalue weighted by Gasteiger charge is -2.11. The second-order valence-corrected chi connectivity index (χ2v) is 4.01. The van der Waals surface area contributed by atoms with E-state index in [-0.39, 0.29) is 17.6 Å². The number of hydrogen-bond donors (Lipinski definition) is 0. The van der Waals surface area contributed by atoms with Crippen LogP contribution in [-0.4, -0.2) is 12.0 Å². The van der Waals surface area contributed by atoms with Crippen LogP contribution in [0.5, 0.6) is 0 Å². The van der Waals surface area contributed by atoms with Gasteiger partial charge in [0, 0.05) is 5.92 Å². The molecular formula is C11H19FO. The Morgan fingerprint density at radius 3 is 2.54 bits per heavy atom. The summed E-state index contributed by atoms with van der Waals surface area (Å²) < 4.78 is 12.6. The number of ketones is 1. The van der Waals surface area contributed by atoms with Crippen LogP contribution in [0.15, 0.2) is 0 Å². The quantitative estimate of drug-likeness (QED) is 0.623. The first-order chi connectivity index (χ1) is 6.20. The molecule has 1 fully saturated rings. The van der Waals surface area contributed by atoms with Gasteiger partial charge in [-0.1, -0.05) is 26.7 Å². The third kappa shape index (κ3) is 2.78. The SMILES string of the molecule is CCCCC(CC)C(=O)C1C[C@H]1F. The van der Waals surface area contributed by atoms with E-state index >= 15 is 0 Å². The number of rotatable bonds is 6. The highest BCUT2D eigenvalue weighted by Crippen LogP contribution is 2.38. The summed E-state index contributed by atoms with van der Waals surface area (Å²) in [4.78, 5) is 11.6. The van der Waals surface area contributed by atoms with Crippen LogP contribution in [0.3, 0.4) is 0 Å². The number of Topliss-reactive ketones (excluding diaryl/α,β-unsaturated/α-hetero) is 1. The minimum absolute atomic E-state index is 0.130. The van der Waals surface area contributed by atoms with E-state index < -0.39 is 6.17 Å². The lowest BCUT2D eigenvalue weighted by Crippen LogP contribution is -2.16. The number of carbonyl (C=O) groups is 1. The molecule has 2 heteroatoms. The standard InChI is InChI=1S/C11H19FO/c1-3-5-6-8(4-2)11(13)9-7-10(9)12/h8-10H,3-7H2,1-2H3/t8?,9?,10-/m1/s1. The van der Waals surface area contributed by atoms with Gasteiger partial charge < -0.3 is 0 Å². The highest BCUT2D eigenvalue weighted by molar-refractivity contribution is 5.86. The molecule has 0 heterocycles. The summed E-state index contributed by atoms with van der Waals surface area (Å²) in [7, 11) is 0. The topological polar surface area (TPSA) is 17.1 Å². The summed E-state index contributed by atoms with van der Waals surface area (Å²) in [5.41, 5.74) is 0. The minimum atomic E-state index is -0.817. The van der Waals surface area contributed by atoms with Gasteiger partial charge in [-0.2, -0.15) is 0 Å². The van der Waals surface area contributed by atoms with E-state index in [2.05, 4.69) is 6.92 Å². The summed E-state index contributed by atoms with van der Waals surface area (Å²) in [6.07, 6.45) is 3.71. The van der Waals surface area contributed by atoms with E-state index in [0.717, 1.165) is 25.7 Å². The van der Waals surface area contributed by atoms with E-state index in [9.17, 15) is 9.18 Å². The Morgan fingerprint density at radius 2 is 2.15 bits per heavy atom. The van der Waals surface area contributed by atoms with E-state index in [1.807, 2.05) is 6.92 Å². The highest BCUT2D eigenvalue weighted by atomic mass is 19.1. The third-order valence-electron chi connectivity index (χ3n) is 2.88. The van der Waals surface area contributed by atoms with Gasteiger partial charge in [0.25, 0.3) is 0 Å². The van der Waals surface area contributed by atoms with Crippen LogP contribution in [-0.2, 0) is 4.79 Å². The Hall–Kier alpha value is -0.400. The first kappa shape index (κ1) is 10.7. The van der Waals surface area contributed by atoms with Gasteiger partial charge >= 0.3 is 0 Å². The van der Waals surface area contributed by atoms with Crippen LogP contribution in [0.1, 0.15) is 46.0 Å². The molecule has 0 aromatic carbocycles. The fourth-order valence-corrected chi connectivity index (χ4v) is 1.76. The van der Waals surface area contributed by atoms with Crippen molar-refractivity contribution in [2.75, 3.05) is 0 Å². The maximum Gasteiger partial charge on any atom is 0.142 e. The van der Waals surface area contributed by atoms with Crippen LogP contribution in [0, 0.1) is 11.8 Å². The smallest absolute Gasteiger partial charge is 0.142 e. The maximum absolute atomic E-state index is 12.6. The number of halogens is 1. The molecule has 0 aromatic rings. The zero-order valence-corrected chi connectivity index (χ0v) is 8.55. The monoisotopic (exact) mass is 186 g/mol. The Bertz CT molecular complexity index is 179. The number of hydrogen-bond acceptors (Lipinski definition) is 1. The Labute approximate surface area is 79.7 Å². The van der Waals surface area contributed by atoms with Gasteiger partial charge in [-0.3, -0.25) is 4.79 Å². The van der Waals surface area contributed by atoms with Gasteiger partial charge in [0.05, 0.1) is 5.92 Å². The molecule has 0 saturated heterocycles. The van der Waals surface area contributed by atoms with Gasteiger partial charge in [-0.15, -0.1) is 0 Å². The molecule has 1 saturated carbocycles. The maximum atomic E-state index is 12.6. The van der Waals surface area contributed by atoms with Gasteiger partial charge in [0.15, 0.2) is 0 Å². The second-order valence-electron chi connectivity index (χ2n) is 4.01. The van der Waals surface area contributed by atoms with E-state index in [1.54, 1.807) is 0 Å². The predicted octanol–water partition coefficient (Wildman–Crippen LogP) is 3.13. The Kier molecular flexibility index (Phi) is 3.89. The first-order valence-electron chi connectivity index (χ1n) is 5.38. The normalized spacial score (nSPS) is 28.5. The fraction of sp³-hybridized carbons (Fsp3) is 0.909. The molecule has 0 bridgehead atoms. The molecule has 1 nitrogen and oxygen atoms in total. The van der Waals surface area contributed by atoms with Gasteiger partial charge in [0.1, 0.15) is 12.0 Å². The molecule has 1 aliphatic rings. The molecule has 2 unspecified atom stereocenters. The average molecular weight is 186 g/mol. The van der Waals surface area contributed by atoms with Crippen molar-refractivity contribution < 1.29 is 9.18 Å². The summed E-state index contributed by atoms with van der Waals surface area (Å²) in [5.74, 6) is 0.0796. The van der Waals surface area contributed by atoms with Crippen molar-refractivity contribution >= 4 is 5.78 Å². The second kappa shape index (κ2) is 4.73. The van der Waals surface area contributed by atoms with Gasteiger partial charge in [-0.05, 0) is 19.3 Å². The average Bonchev–Trinajstić information content (AvgIpc) is 2.84. The molecule has 3 atom stereocenters. The number of alkyl halides is 1. The van der Waals surface area contributed by atoms with Gasteiger partial charge in [-0.25, -0.2) is 4.39 Å². The number of unbranched alkanes of at least 4 members (excludes halogenated alkanes) is 1. The molecule has 1 aliphatic carbocycles. The minimum Gasteiger partial charge on any atom is -0.299 e. The Morgan fingerprint density at radius 1 is 1.54 bits per heavy atom. The largest absolute Gasteiger partial charge is 0.299 e. The van der Waals surface area contributed by atoms with E-state index in [1.165, 1.54) is 0 Å². The van der Waals surface area contributed by atoms with Crippen molar-refractivity contribution in [2.45, 2.75) is 52.1 Å². The molecule has 13 heavy (non-hydrogen) atoms. The lowest BCUT2D eigenvalue weighted by molar-refractivity contribution is -0.124. The summed E-state index contributed by atoms with van der Waals surface area (Å²) in [5, 5.41) is 0. The van der Waals surface area contributed by atoms with Crippen LogP contribution in [0.4, 0.5) is 4.39 Å². The molecule has 76 valence electrons. The molecule has 0 aromatic heterocycles. The molecule has 0 aliphatic heterocycles. The van der Waals surface area contributed by atoms with E-state index in [4.69, 9.17) is 0 Å². The van der Waals surface area contributed by atoms with Gasteiger partial charge in [0.2, 0.25) is 0 Å². The predicted molar refractivity (Wildman–Crippen MR) is 51.3 cm³/mol. The molecule has 0 N–H and O–H groups in total. The number of carbonyl (C=O) groups excluding carboxylic acids is 1. The van der Waals surface area contributed by atoms with Crippen molar-refractivity contribution in [3.63, 3.8) is 0 Å². The summed E-state index contributed by atoms with van der Waals surface area (Å²) in [6.45, 7) is 4.14. The van der Waals surface area contributed by atoms with Crippen molar-refractivity contribution in [3.05, 3.63) is 0 Å². The zero-order valence-electron chi connectivity index (χ0n) is 8.55. The first-order valence-corrected chi connectivity index (χ1v) is 5.38. The molecule has 0 amide bonds. The molecule has 0 spiro atoms. The van der Waals surface area contributed by atoms with Crippen molar-refractivity contribution in [1.82, 2.24) is 0 Å². The van der Waals surface area contributed by atoms with Crippen LogP contribution in [0.2, 0.25) is 0 Å². The van der Waals surface area contributed by atoms with E-state index in [0.29, 0.717) is 6.42 Å². The summed E-state index contributed by atoms with van der Waals surface area (Å²) >= 11 is 0. The molecule has 0 radical (unpaired) electrons. The van der Waals surface area contributed by atoms with Crippen molar-refractivity contribution in [2.24, 2.45) is 11.8 Å². The summed E-state index contributed by atoms with van der Waals surface area (Å²) in [6, 6.07) is 0. The third-order valence-corrected chi connectivity index (χ3v) is 2.88.